The minimum Gasteiger partial charge on any atom is -0.430 e. The Balaban J connectivity index is 1.69. The minimum absolute atomic E-state index is 0.0928. The van der Waals surface area contributed by atoms with Gasteiger partial charge in [0.1, 0.15) is 5.75 Å². The molecule has 0 aliphatic heterocycles. The van der Waals surface area contributed by atoms with Crippen molar-refractivity contribution in [3.05, 3.63) is 29.6 Å². The van der Waals surface area contributed by atoms with Crippen molar-refractivity contribution in [1.29, 1.82) is 0 Å². The summed E-state index contributed by atoms with van der Waals surface area (Å²) in [5.41, 5.74) is 1.70. The molecule has 0 unspecified atom stereocenters. The van der Waals surface area contributed by atoms with Gasteiger partial charge in [0.05, 0.1) is 12.0 Å². The number of aliphatic imine (C=N–C) groups is 1. The van der Waals surface area contributed by atoms with Crippen LogP contribution in [0.25, 0.3) is 0 Å². The molecule has 5 nitrogen and oxygen atoms in total. The van der Waals surface area contributed by atoms with Gasteiger partial charge in [0, 0.05) is 36.4 Å². The molecule has 1 heterocycles. The van der Waals surface area contributed by atoms with Crippen molar-refractivity contribution in [1.82, 2.24) is 14.3 Å². The number of ether oxygens (including phenoxy) is 1. The van der Waals surface area contributed by atoms with Gasteiger partial charge in [0.2, 0.25) is 0 Å². The third-order valence-electron chi connectivity index (χ3n) is 4.12. The molecule has 3 rings (SSSR count). The van der Waals surface area contributed by atoms with E-state index in [4.69, 9.17) is 16.3 Å². The lowest BCUT2D eigenvalue weighted by molar-refractivity contribution is 0.467. The number of hydrogen-bond donors (Lipinski definition) is 0. The first kappa shape index (κ1) is 19.1. The van der Waals surface area contributed by atoms with E-state index in [-0.39, 0.29) is 5.41 Å². The summed E-state index contributed by atoms with van der Waals surface area (Å²) in [6.45, 7) is 7.31. The van der Waals surface area contributed by atoms with Crippen LogP contribution in [0.1, 0.15) is 45.0 Å². The zero-order chi connectivity index (χ0) is 18.7. The van der Waals surface area contributed by atoms with E-state index in [1.807, 2.05) is 24.5 Å². The van der Waals surface area contributed by atoms with E-state index in [0.717, 1.165) is 29.5 Å². The van der Waals surface area contributed by atoms with E-state index in [9.17, 15) is 0 Å². The Morgan fingerprint density at radius 3 is 2.77 bits per heavy atom. The standard InChI is InChI=1S/C19H25ClN4OS/c1-19(2,3)17-22-18(26-23-17)25-15-7-8-16(14(9-15)10-20)21-12-24(4)11-13-5-6-13/h7-9,12-13H,5-6,10-11H2,1-4H3. The Labute approximate surface area is 164 Å². The topological polar surface area (TPSA) is 50.6 Å². The number of rotatable bonds is 7. The zero-order valence-electron chi connectivity index (χ0n) is 15.7. The van der Waals surface area contributed by atoms with Crippen LogP contribution in [0.5, 0.6) is 10.9 Å². The molecule has 0 radical (unpaired) electrons. The van der Waals surface area contributed by atoms with E-state index >= 15 is 0 Å². The second-order valence-electron chi connectivity index (χ2n) is 7.79. The highest BCUT2D eigenvalue weighted by atomic mass is 35.5. The molecule has 1 saturated carbocycles. The molecule has 1 aromatic carbocycles. The molecular weight excluding hydrogens is 368 g/mol. The second kappa shape index (κ2) is 7.92. The second-order valence-corrected chi connectivity index (χ2v) is 8.77. The first-order valence-electron chi connectivity index (χ1n) is 8.80. The van der Waals surface area contributed by atoms with Crippen molar-refractivity contribution in [2.24, 2.45) is 10.9 Å². The number of benzene rings is 1. The van der Waals surface area contributed by atoms with Gasteiger partial charge in [-0.25, -0.2) is 4.99 Å². The predicted octanol–water partition coefficient (Wildman–Crippen LogP) is 5.37. The monoisotopic (exact) mass is 392 g/mol. The van der Waals surface area contributed by atoms with Gasteiger partial charge in [-0.2, -0.15) is 9.36 Å². The molecule has 0 saturated heterocycles. The average molecular weight is 393 g/mol. The fourth-order valence-electron chi connectivity index (χ4n) is 2.43. The summed E-state index contributed by atoms with van der Waals surface area (Å²) in [7, 11) is 2.06. The highest BCUT2D eigenvalue weighted by molar-refractivity contribution is 7.07. The van der Waals surface area contributed by atoms with Crippen molar-refractivity contribution < 1.29 is 4.74 Å². The van der Waals surface area contributed by atoms with Gasteiger partial charge in [-0.15, -0.1) is 11.6 Å². The molecule has 0 amide bonds. The summed E-state index contributed by atoms with van der Waals surface area (Å²) in [6, 6.07) is 5.74. The summed E-state index contributed by atoms with van der Waals surface area (Å²) in [5, 5.41) is 0.538. The molecule has 1 fully saturated rings. The molecule has 140 valence electrons. The maximum atomic E-state index is 6.11. The maximum Gasteiger partial charge on any atom is 0.298 e. The highest BCUT2D eigenvalue weighted by Gasteiger charge is 2.22. The van der Waals surface area contributed by atoms with Crippen LogP contribution in [0.4, 0.5) is 5.69 Å². The van der Waals surface area contributed by atoms with Gasteiger partial charge < -0.3 is 9.64 Å². The Hall–Kier alpha value is -1.66. The fourth-order valence-corrected chi connectivity index (χ4v) is 3.38. The molecule has 1 aliphatic carbocycles. The van der Waals surface area contributed by atoms with Crippen LogP contribution < -0.4 is 4.74 Å². The molecule has 1 aliphatic rings. The number of aromatic nitrogens is 2. The third kappa shape index (κ3) is 5.17. The van der Waals surface area contributed by atoms with Gasteiger partial charge in [0.15, 0.2) is 5.82 Å². The van der Waals surface area contributed by atoms with E-state index in [2.05, 4.69) is 47.1 Å². The third-order valence-corrected chi connectivity index (χ3v) is 5.00. The van der Waals surface area contributed by atoms with E-state index < -0.39 is 0 Å². The molecule has 0 atom stereocenters. The van der Waals surface area contributed by atoms with Crippen LogP contribution in [-0.4, -0.2) is 34.2 Å². The fraction of sp³-hybridized carbons (Fsp3) is 0.526. The highest BCUT2D eigenvalue weighted by Crippen LogP contribution is 2.32. The SMILES string of the molecule is CN(C=Nc1ccc(Oc2nc(C(C)(C)C)ns2)cc1CCl)CC1CC1. The van der Waals surface area contributed by atoms with Gasteiger partial charge in [0.25, 0.3) is 5.19 Å². The Bertz CT molecular complexity index is 780. The quantitative estimate of drug-likeness (QED) is 0.361. The Morgan fingerprint density at radius 1 is 1.38 bits per heavy atom. The average Bonchev–Trinajstić information content (AvgIpc) is 3.26. The van der Waals surface area contributed by atoms with Crippen LogP contribution in [0.2, 0.25) is 0 Å². The van der Waals surface area contributed by atoms with Gasteiger partial charge in [-0.3, -0.25) is 0 Å². The maximum absolute atomic E-state index is 6.11. The lowest BCUT2D eigenvalue weighted by Gasteiger charge is -2.13. The largest absolute Gasteiger partial charge is 0.430 e. The van der Waals surface area contributed by atoms with Gasteiger partial charge in [-0.1, -0.05) is 20.8 Å². The summed E-state index contributed by atoms with van der Waals surface area (Å²) < 4.78 is 10.2. The van der Waals surface area contributed by atoms with Crippen molar-refractivity contribution in [3.63, 3.8) is 0 Å². The number of hydrogen-bond acceptors (Lipinski definition) is 5. The van der Waals surface area contributed by atoms with Crippen molar-refractivity contribution in [3.8, 4) is 10.9 Å². The lowest BCUT2D eigenvalue weighted by Crippen LogP contribution is -2.18. The number of halogens is 1. The molecule has 0 N–H and O–H groups in total. The molecule has 1 aromatic heterocycles. The van der Waals surface area contributed by atoms with Crippen LogP contribution in [0, 0.1) is 5.92 Å². The Kier molecular flexibility index (Phi) is 5.82. The smallest absolute Gasteiger partial charge is 0.298 e. The predicted molar refractivity (Wildman–Crippen MR) is 108 cm³/mol. The molecule has 0 bridgehead atoms. The summed E-state index contributed by atoms with van der Waals surface area (Å²) in [6.07, 6.45) is 4.55. The summed E-state index contributed by atoms with van der Waals surface area (Å²) in [4.78, 5) is 11.2. The molecular formula is C19H25ClN4OS. The van der Waals surface area contributed by atoms with Crippen LogP contribution in [0.3, 0.4) is 0 Å². The molecule has 26 heavy (non-hydrogen) atoms. The number of alkyl halides is 1. The molecule has 2 aromatic rings. The minimum atomic E-state index is -0.0928. The molecule has 0 spiro atoms. The normalized spacial score (nSPS) is 14.8. The zero-order valence-corrected chi connectivity index (χ0v) is 17.3. The van der Waals surface area contributed by atoms with E-state index in [1.165, 1.54) is 24.4 Å². The first-order chi connectivity index (χ1) is 12.3. The van der Waals surface area contributed by atoms with E-state index in [1.54, 1.807) is 0 Å². The first-order valence-corrected chi connectivity index (χ1v) is 10.1. The van der Waals surface area contributed by atoms with Crippen LogP contribution in [-0.2, 0) is 11.3 Å². The van der Waals surface area contributed by atoms with Crippen molar-refractivity contribution in [2.75, 3.05) is 13.6 Å². The summed E-state index contributed by atoms with van der Waals surface area (Å²) >= 11 is 7.37. The van der Waals surface area contributed by atoms with Crippen molar-refractivity contribution in [2.45, 2.75) is 44.9 Å². The van der Waals surface area contributed by atoms with Gasteiger partial charge >= 0.3 is 0 Å². The van der Waals surface area contributed by atoms with E-state index in [0.29, 0.717) is 16.8 Å². The van der Waals surface area contributed by atoms with Crippen molar-refractivity contribution >= 4 is 35.2 Å². The van der Waals surface area contributed by atoms with Gasteiger partial charge in [-0.05, 0) is 42.5 Å². The summed E-state index contributed by atoms with van der Waals surface area (Å²) in [5.74, 6) is 2.69. The van der Waals surface area contributed by atoms with Crippen LogP contribution in [0.15, 0.2) is 23.2 Å². The lowest BCUT2D eigenvalue weighted by atomic mass is 9.96. The molecule has 7 heteroatoms. The van der Waals surface area contributed by atoms with Crippen LogP contribution >= 0.6 is 23.1 Å². The Morgan fingerprint density at radius 2 is 2.15 bits per heavy atom. The number of nitrogens with zero attached hydrogens (tertiary/aromatic N) is 4.